The number of hydrogen-bond acceptors (Lipinski definition) is 3. The summed E-state index contributed by atoms with van der Waals surface area (Å²) in [4.78, 5) is 2.00. The summed E-state index contributed by atoms with van der Waals surface area (Å²) >= 11 is 0. The molecular weight excluding hydrogens is 358 g/mol. The maximum atomic E-state index is 8.76. The molecule has 29 heavy (non-hydrogen) atoms. The average molecular weight is 394 g/mol. The summed E-state index contributed by atoms with van der Waals surface area (Å²) in [6.07, 6.45) is 12.2. The second kappa shape index (κ2) is 11.0. The van der Waals surface area contributed by atoms with Crippen LogP contribution < -0.4 is 0 Å². The summed E-state index contributed by atoms with van der Waals surface area (Å²) in [7, 11) is 0. The minimum absolute atomic E-state index is 0.329. The zero-order valence-corrected chi connectivity index (χ0v) is 17.9. The van der Waals surface area contributed by atoms with Crippen LogP contribution in [-0.2, 0) is 0 Å². The number of phenols is 1. The van der Waals surface area contributed by atoms with E-state index >= 15 is 0 Å². The van der Waals surface area contributed by atoms with Crippen molar-refractivity contribution in [3.05, 3.63) is 54.1 Å². The lowest BCUT2D eigenvalue weighted by Gasteiger charge is -2.28. The molecule has 0 aliphatic heterocycles. The first kappa shape index (κ1) is 21.4. The van der Waals surface area contributed by atoms with E-state index < -0.39 is 0 Å². The van der Waals surface area contributed by atoms with E-state index in [1.165, 1.54) is 63.4 Å². The van der Waals surface area contributed by atoms with E-state index in [4.69, 9.17) is 5.11 Å². The van der Waals surface area contributed by atoms with E-state index in [0.29, 0.717) is 11.8 Å². The smallest absolute Gasteiger partial charge is 0.115 e. The lowest BCUT2D eigenvalue weighted by Crippen LogP contribution is -2.21. The summed E-state index contributed by atoms with van der Waals surface area (Å²) < 4.78 is 0. The third kappa shape index (κ3) is 6.59. The van der Waals surface area contributed by atoms with Crippen molar-refractivity contribution in [1.82, 2.24) is 15.0 Å². The highest BCUT2D eigenvalue weighted by molar-refractivity contribution is 5.72. The first-order valence-electron chi connectivity index (χ1n) is 11.2. The minimum atomic E-state index is 0.329. The first-order valence-corrected chi connectivity index (χ1v) is 11.2. The van der Waals surface area contributed by atoms with Gasteiger partial charge in [0.1, 0.15) is 16.8 Å². The molecule has 0 bridgehead atoms. The highest BCUT2D eigenvalue weighted by Crippen LogP contribution is 2.35. The number of phenolic OH excluding ortho intramolecular Hbond substituents is 1. The molecule has 2 atom stereocenters. The van der Waals surface area contributed by atoms with Gasteiger partial charge in [-0.25, -0.2) is 0 Å². The fraction of sp³-hybridized carbons (Fsp3) is 0.520. The monoisotopic (exact) mass is 393 g/mol. The predicted molar refractivity (Wildman–Crippen MR) is 120 cm³/mol. The normalized spacial score (nSPS) is 19.0. The Morgan fingerprint density at radius 1 is 0.931 bits per heavy atom. The van der Waals surface area contributed by atoms with Gasteiger partial charge < -0.3 is 5.11 Å². The molecule has 4 nitrogen and oxygen atoms in total. The summed E-state index contributed by atoms with van der Waals surface area (Å²) in [6, 6.07) is 15.8. The van der Waals surface area contributed by atoms with E-state index in [1.54, 1.807) is 12.1 Å². The van der Waals surface area contributed by atoms with Crippen LogP contribution in [0, 0.1) is 12.8 Å². The Morgan fingerprint density at radius 3 is 2.24 bits per heavy atom. The summed E-state index contributed by atoms with van der Waals surface area (Å²) in [5.41, 5.74) is 3.23. The molecule has 4 rings (SSSR count). The van der Waals surface area contributed by atoms with Gasteiger partial charge in [0, 0.05) is 0 Å². The SMILES string of the molecule is CCCCCCC1CCCC(n2nc3ccccc3n2)C1.Cc1ccc(O)cc1. The molecule has 1 aliphatic rings. The van der Waals surface area contributed by atoms with Crippen LogP contribution >= 0.6 is 0 Å². The second-order valence-corrected chi connectivity index (χ2v) is 8.38. The van der Waals surface area contributed by atoms with Crippen molar-refractivity contribution in [2.75, 3.05) is 0 Å². The number of benzene rings is 2. The van der Waals surface area contributed by atoms with Gasteiger partial charge in [0.25, 0.3) is 0 Å². The van der Waals surface area contributed by atoms with Crippen LogP contribution in [0.1, 0.15) is 76.3 Å². The predicted octanol–water partition coefficient (Wildman–Crippen LogP) is 6.83. The molecule has 1 saturated carbocycles. The zero-order chi connectivity index (χ0) is 20.5. The van der Waals surface area contributed by atoms with E-state index in [0.717, 1.165) is 17.0 Å². The Balaban J connectivity index is 0.000000252. The summed E-state index contributed by atoms with van der Waals surface area (Å²) in [5.74, 6) is 1.21. The maximum absolute atomic E-state index is 8.76. The molecular formula is C25H35N3O. The molecule has 2 unspecified atom stereocenters. The summed E-state index contributed by atoms with van der Waals surface area (Å²) in [6.45, 7) is 4.27. The van der Waals surface area contributed by atoms with Crippen molar-refractivity contribution in [2.45, 2.75) is 77.7 Å². The van der Waals surface area contributed by atoms with Crippen molar-refractivity contribution < 1.29 is 5.11 Å². The number of hydrogen-bond donors (Lipinski definition) is 1. The lowest BCUT2D eigenvalue weighted by atomic mass is 9.83. The summed E-state index contributed by atoms with van der Waals surface area (Å²) in [5, 5.41) is 18.1. The van der Waals surface area contributed by atoms with Gasteiger partial charge in [0.05, 0.1) is 6.04 Å². The lowest BCUT2D eigenvalue weighted by molar-refractivity contribution is 0.224. The minimum Gasteiger partial charge on any atom is -0.508 e. The van der Waals surface area contributed by atoms with Gasteiger partial charge >= 0.3 is 0 Å². The molecule has 0 amide bonds. The molecule has 1 aromatic heterocycles. The molecule has 1 fully saturated rings. The van der Waals surface area contributed by atoms with E-state index in [9.17, 15) is 0 Å². The third-order valence-corrected chi connectivity index (χ3v) is 5.88. The van der Waals surface area contributed by atoms with Gasteiger partial charge in [0.2, 0.25) is 0 Å². The number of aromatic hydroxyl groups is 1. The third-order valence-electron chi connectivity index (χ3n) is 5.88. The van der Waals surface area contributed by atoms with Gasteiger partial charge in [0.15, 0.2) is 0 Å². The Hall–Kier alpha value is -2.36. The Labute approximate surface area is 175 Å². The van der Waals surface area contributed by atoms with Gasteiger partial charge in [-0.2, -0.15) is 15.0 Å². The fourth-order valence-electron chi connectivity index (χ4n) is 4.18. The van der Waals surface area contributed by atoms with Gasteiger partial charge in [-0.1, -0.05) is 81.7 Å². The van der Waals surface area contributed by atoms with Gasteiger partial charge in [-0.05, 0) is 49.9 Å². The number of rotatable bonds is 6. The number of unbranched alkanes of at least 4 members (excludes halogenated alkanes) is 3. The highest BCUT2D eigenvalue weighted by atomic mass is 16.3. The Morgan fingerprint density at radius 2 is 1.62 bits per heavy atom. The van der Waals surface area contributed by atoms with Crippen LogP contribution in [-0.4, -0.2) is 20.1 Å². The van der Waals surface area contributed by atoms with Crippen LogP contribution in [0.3, 0.4) is 0 Å². The molecule has 1 N–H and O–H groups in total. The van der Waals surface area contributed by atoms with Crippen LogP contribution in [0.5, 0.6) is 5.75 Å². The topological polar surface area (TPSA) is 50.9 Å². The quantitative estimate of drug-likeness (QED) is 0.467. The van der Waals surface area contributed by atoms with E-state index in [-0.39, 0.29) is 0 Å². The number of aromatic nitrogens is 3. The molecule has 0 saturated heterocycles. The largest absolute Gasteiger partial charge is 0.508 e. The highest BCUT2D eigenvalue weighted by Gasteiger charge is 2.24. The standard InChI is InChI=1S/C18H27N3.C7H8O/c1-2-3-4-5-9-15-10-8-11-16(14-15)21-19-17-12-6-7-13-18(17)20-21;1-6-2-4-7(8)5-3-6/h6-7,12-13,15-16H,2-5,8-11,14H2,1H3;2-5,8H,1H3. The molecule has 1 aliphatic carbocycles. The van der Waals surface area contributed by atoms with Crippen molar-refractivity contribution in [1.29, 1.82) is 0 Å². The van der Waals surface area contributed by atoms with Crippen LogP contribution in [0.15, 0.2) is 48.5 Å². The van der Waals surface area contributed by atoms with E-state index in [1.807, 2.05) is 36.0 Å². The van der Waals surface area contributed by atoms with Crippen molar-refractivity contribution >= 4 is 11.0 Å². The molecule has 156 valence electrons. The number of fused-ring (bicyclic) bond motifs is 1. The van der Waals surface area contributed by atoms with Crippen LogP contribution in [0.2, 0.25) is 0 Å². The van der Waals surface area contributed by atoms with Crippen molar-refractivity contribution in [3.63, 3.8) is 0 Å². The molecule has 2 aromatic carbocycles. The van der Waals surface area contributed by atoms with E-state index in [2.05, 4.69) is 29.3 Å². The molecule has 3 aromatic rings. The van der Waals surface area contributed by atoms with Gasteiger partial charge in [-0.3, -0.25) is 0 Å². The second-order valence-electron chi connectivity index (χ2n) is 8.38. The Bertz CT molecular complexity index is 802. The first-order chi connectivity index (χ1) is 14.2. The Kier molecular flexibility index (Phi) is 8.09. The van der Waals surface area contributed by atoms with Crippen LogP contribution in [0.4, 0.5) is 0 Å². The van der Waals surface area contributed by atoms with Crippen molar-refractivity contribution in [3.8, 4) is 5.75 Å². The average Bonchev–Trinajstić information content (AvgIpc) is 3.19. The van der Waals surface area contributed by atoms with Gasteiger partial charge in [-0.15, -0.1) is 0 Å². The molecule has 1 heterocycles. The number of nitrogens with zero attached hydrogens (tertiary/aromatic N) is 3. The molecule has 0 radical (unpaired) electrons. The zero-order valence-electron chi connectivity index (χ0n) is 17.9. The molecule has 0 spiro atoms. The molecule has 4 heteroatoms. The maximum Gasteiger partial charge on any atom is 0.115 e. The number of aryl methyl sites for hydroxylation is 1. The fourth-order valence-corrected chi connectivity index (χ4v) is 4.18. The van der Waals surface area contributed by atoms with Crippen molar-refractivity contribution in [2.24, 2.45) is 5.92 Å². The van der Waals surface area contributed by atoms with Crippen LogP contribution in [0.25, 0.3) is 11.0 Å².